The number of likely N-dealkylation sites (N-methyl/N-ethyl adjacent to an activating group) is 1. The van der Waals surface area contributed by atoms with Crippen molar-refractivity contribution in [1.82, 2.24) is 10.3 Å². The standard InChI is InChI=1S/C11H18ClN3/c1-3-6-13-8-9-15(2)11-10(12)5-4-7-14-11/h4-5,7,13H,3,6,8-9H2,1-2H3. The Morgan fingerprint density at radius 2 is 2.27 bits per heavy atom. The number of hydrogen-bond donors (Lipinski definition) is 1. The summed E-state index contributed by atoms with van der Waals surface area (Å²) in [6.45, 7) is 5.09. The van der Waals surface area contributed by atoms with E-state index in [0.29, 0.717) is 5.02 Å². The highest BCUT2D eigenvalue weighted by Gasteiger charge is 2.05. The summed E-state index contributed by atoms with van der Waals surface area (Å²) >= 11 is 6.03. The maximum atomic E-state index is 6.03. The lowest BCUT2D eigenvalue weighted by molar-refractivity contribution is 0.664. The van der Waals surface area contributed by atoms with Gasteiger partial charge in [0, 0.05) is 26.3 Å². The Morgan fingerprint density at radius 3 is 2.93 bits per heavy atom. The Kier molecular flexibility index (Phi) is 5.43. The summed E-state index contributed by atoms with van der Waals surface area (Å²) in [5.41, 5.74) is 0. The Labute approximate surface area is 96.5 Å². The summed E-state index contributed by atoms with van der Waals surface area (Å²) in [7, 11) is 2.00. The SMILES string of the molecule is CCCNCCN(C)c1ncccc1Cl. The highest BCUT2D eigenvalue weighted by molar-refractivity contribution is 6.32. The lowest BCUT2D eigenvalue weighted by Crippen LogP contribution is -2.30. The highest BCUT2D eigenvalue weighted by atomic mass is 35.5. The first-order valence-corrected chi connectivity index (χ1v) is 5.66. The van der Waals surface area contributed by atoms with Crippen molar-refractivity contribution < 1.29 is 0 Å². The average molecular weight is 228 g/mol. The van der Waals surface area contributed by atoms with Crippen molar-refractivity contribution in [3.8, 4) is 0 Å². The molecule has 15 heavy (non-hydrogen) atoms. The van der Waals surface area contributed by atoms with Crippen LogP contribution in [0.1, 0.15) is 13.3 Å². The maximum absolute atomic E-state index is 6.03. The molecular weight excluding hydrogens is 210 g/mol. The van der Waals surface area contributed by atoms with E-state index in [9.17, 15) is 0 Å². The van der Waals surface area contributed by atoms with Gasteiger partial charge in [-0.1, -0.05) is 18.5 Å². The third kappa shape index (κ3) is 4.06. The largest absolute Gasteiger partial charge is 0.357 e. The molecule has 4 heteroatoms. The van der Waals surface area contributed by atoms with E-state index in [1.54, 1.807) is 6.20 Å². The Hall–Kier alpha value is -0.800. The minimum absolute atomic E-state index is 0.704. The predicted octanol–water partition coefficient (Wildman–Crippen LogP) is 2.17. The molecule has 1 rings (SSSR count). The fraction of sp³-hybridized carbons (Fsp3) is 0.545. The van der Waals surface area contributed by atoms with Crippen LogP contribution in [0.3, 0.4) is 0 Å². The molecule has 0 bridgehead atoms. The predicted molar refractivity (Wildman–Crippen MR) is 65.7 cm³/mol. The molecule has 0 aromatic carbocycles. The number of halogens is 1. The van der Waals surface area contributed by atoms with Crippen molar-refractivity contribution in [2.24, 2.45) is 0 Å². The Morgan fingerprint density at radius 1 is 1.47 bits per heavy atom. The van der Waals surface area contributed by atoms with E-state index in [2.05, 4.69) is 22.1 Å². The van der Waals surface area contributed by atoms with E-state index in [1.165, 1.54) is 0 Å². The molecule has 1 aromatic rings. The number of anilines is 1. The molecule has 0 radical (unpaired) electrons. The normalized spacial score (nSPS) is 10.3. The van der Waals surface area contributed by atoms with E-state index < -0.39 is 0 Å². The summed E-state index contributed by atoms with van der Waals surface area (Å²) in [6, 6.07) is 3.70. The first-order valence-electron chi connectivity index (χ1n) is 5.28. The van der Waals surface area contributed by atoms with Crippen molar-refractivity contribution in [1.29, 1.82) is 0 Å². The van der Waals surface area contributed by atoms with E-state index >= 15 is 0 Å². The van der Waals surface area contributed by atoms with Crippen LogP contribution < -0.4 is 10.2 Å². The quantitative estimate of drug-likeness (QED) is 0.756. The summed E-state index contributed by atoms with van der Waals surface area (Å²) in [4.78, 5) is 6.30. The van der Waals surface area contributed by atoms with Crippen LogP contribution >= 0.6 is 11.6 Å². The van der Waals surface area contributed by atoms with E-state index in [-0.39, 0.29) is 0 Å². The minimum atomic E-state index is 0.704. The third-order valence-electron chi connectivity index (χ3n) is 2.15. The molecule has 0 aliphatic rings. The number of nitrogens with zero attached hydrogens (tertiary/aromatic N) is 2. The minimum Gasteiger partial charge on any atom is -0.357 e. The molecule has 0 amide bonds. The smallest absolute Gasteiger partial charge is 0.147 e. The van der Waals surface area contributed by atoms with Crippen LogP contribution in [0.5, 0.6) is 0 Å². The second-order valence-corrected chi connectivity index (χ2v) is 3.89. The molecular formula is C11H18ClN3. The van der Waals surface area contributed by atoms with Crippen LogP contribution in [0.4, 0.5) is 5.82 Å². The highest BCUT2D eigenvalue weighted by Crippen LogP contribution is 2.20. The van der Waals surface area contributed by atoms with Gasteiger partial charge in [-0.2, -0.15) is 0 Å². The van der Waals surface area contributed by atoms with Gasteiger partial charge < -0.3 is 10.2 Å². The average Bonchev–Trinajstić information content (AvgIpc) is 2.25. The van der Waals surface area contributed by atoms with Crippen LogP contribution in [0.15, 0.2) is 18.3 Å². The van der Waals surface area contributed by atoms with Gasteiger partial charge >= 0.3 is 0 Å². The van der Waals surface area contributed by atoms with Gasteiger partial charge in [0.1, 0.15) is 5.82 Å². The lowest BCUT2D eigenvalue weighted by atomic mass is 10.4. The number of hydrogen-bond acceptors (Lipinski definition) is 3. The zero-order valence-electron chi connectivity index (χ0n) is 9.33. The molecule has 0 fully saturated rings. The molecule has 0 spiro atoms. The molecule has 1 aromatic heterocycles. The van der Waals surface area contributed by atoms with Crippen LogP contribution in [0, 0.1) is 0 Å². The van der Waals surface area contributed by atoms with Gasteiger partial charge in [0.25, 0.3) is 0 Å². The molecule has 84 valence electrons. The second-order valence-electron chi connectivity index (χ2n) is 3.48. The van der Waals surface area contributed by atoms with Crippen molar-refractivity contribution in [2.45, 2.75) is 13.3 Å². The molecule has 3 nitrogen and oxygen atoms in total. The molecule has 1 N–H and O–H groups in total. The molecule has 0 atom stereocenters. The second kappa shape index (κ2) is 6.64. The summed E-state index contributed by atoms with van der Waals surface area (Å²) in [6.07, 6.45) is 2.92. The van der Waals surface area contributed by atoms with Crippen molar-refractivity contribution in [2.75, 3.05) is 31.6 Å². The zero-order chi connectivity index (χ0) is 11.1. The lowest BCUT2D eigenvalue weighted by Gasteiger charge is -2.19. The van der Waals surface area contributed by atoms with Crippen molar-refractivity contribution in [3.05, 3.63) is 23.4 Å². The monoisotopic (exact) mass is 227 g/mol. The van der Waals surface area contributed by atoms with E-state index in [0.717, 1.165) is 31.9 Å². The van der Waals surface area contributed by atoms with Gasteiger partial charge in [0.15, 0.2) is 0 Å². The number of pyridine rings is 1. The first-order chi connectivity index (χ1) is 7.25. The maximum Gasteiger partial charge on any atom is 0.147 e. The molecule has 0 unspecified atom stereocenters. The molecule has 0 saturated heterocycles. The first kappa shape index (κ1) is 12.3. The molecule has 0 aliphatic heterocycles. The zero-order valence-corrected chi connectivity index (χ0v) is 10.1. The molecule has 1 heterocycles. The summed E-state index contributed by atoms with van der Waals surface area (Å²) in [5.74, 6) is 0.845. The van der Waals surface area contributed by atoms with Gasteiger partial charge in [-0.05, 0) is 25.1 Å². The topological polar surface area (TPSA) is 28.2 Å². The van der Waals surface area contributed by atoms with Crippen LogP contribution in [-0.4, -0.2) is 31.7 Å². The fourth-order valence-corrected chi connectivity index (χ4v) is 1.58. The summed E-state index contributed by atoms with van der Waals surface area (Å²) < 4.78 is 0. The van der Waals surface area contributed by atoms with Crippen molar-refractivity contribution in [3.63, 3.8) is 0 Å². The number of nitrogens with one attached hydrogen (secondary N) is 1. The van der Waals surface area contributed by atoms with Gasteiger partial charge in [0.2, 0.25) is 0 Å². The third-order valence-corrected chi connectivity index (χ3v) is 2.45. The Bertz CT molecular complexity index is 291. The summed E-state index contributed by atoms with van der Waals surface area (Å²) in [5, 5.41) is 4.05. The van der Waals surface area contributed by atoms with Crippen molar-refractivity contribution >= 4 is 17.4 Å². The molecule has 0 aliphatic carbocycles. The van der Waals surface area contributed by atoms with E-state index in [1.807, 2.05) is 19.2 Å². The van der Waals surface area contributed by atoms with Gasteiger partial charge in [-0.3, -0.25) is 0 Å². The van der Waals surface area contributed by atoms with Crippen LogP contribution in [-0.2, 0) is 0 Å². The number of rotatable bonds is 6. The molecule has 0 saturated carbocycles. The van der Waals surface area contributed by atoms with Crippen LogP contribution in [0.2, 0.25) is 5.02 Å². The van der Waals surface area contributed by atoms with Crippen LogP contribution in [0.25, 0.3) is 0 Å². The number of aromatic nitrogens is 1. The van der Waals surface area contributed by atoms with Gasteiger partial charge in [-0.25, -0.2) is 4.98 Å². The van der Waals surface area contributed by atoms with E-state index in [4.69, 9.17) is 11.6 Å². The fourth-order valence-electron chi connectivity index (χ4n) is 1.31. The Balaban J connectivity index is 2.40. The van der Waals surface area contributed by atoms with Gasteiger partial charge in [0.05, 0.1) is 5.02 Å². The van der Waals surface area contributed by atoms with Gasteiger partial charge in [-0.15, -0.1) is 0 Å².